The molecule has 0 saturated carbocycles. The molecule has 7 heteroatoms. The summed E-state index contributed by atoms with van der Waals surface area (Å²) in [5.74, 6) is 0.828. The molecule has 1 saturated heterocycles. The quantitative estimate of drug-likeness (QED) is 0.593. The minimum atomic E-state index is 0.777. The standard InChI is InChI=1S/C19H29N5OS/c1-2-3-4-5-7-24(8-6-17-15-26-16-22-17)19-20-13-18(14-21-19)23-9-11-25-12-10-23/h13-16H,2-12H2,1H3. The van der Waals surface area contributed by atoms with E-state index in [-0.39, 0.29) is 0 Å². The van der Waals surface area contributed by atoms with Crippen LogP contribution in [0.2, 0.25) is 0 Å². The molecule has 0 atom stereocenters. The van der Waals surface area contributed by atoms with Crippen LogP contribution in [0.4, 0.5) is 11.6 Å². The molecular formula is C19H29N5OS. The molecule has 0 aliphatic carbocycles. The van der Waals surface area contributed by atoms with E-state index in [0.29, 0.717) is 0 Å². The van der Waals surface area contributed by atoms with Crippen LogP contribution >= 0.6 is 11.3 Å². The Hall–Kier alpha value is -1.73. The van der Waals surface area contributed by atoms with Crippen molar-refractivity contribution < 1.29 is 4.74 Å². The van der Waals surface area contributed by atoms with Crippen LogP contribution in [0.1, 0.15) is 38.3 Å². The maximum absolute atomic E-state index is 5.42. The lowest BCUT2D eigenvalue weighted by molar-refractivity contribution is 0.122. The van der Waals surface area contributed by atoms with E-state index in [1.807, 2.05) is 17.9 Å². The Balaban J connectivity index is 1.61. The van der Waals surface area contributed by atoms with Crippen molar-refractivity contribution in [1.29, 1.82) is 0 Å². The van der Waals surface area contributed by atoms with Crippen molar-refractivity contribution in [2.75, 3.05) is 49.2 Å². The van der Waals surface area contributed by atoms with E-state index in [1.54, 1.807) is 11.3 Å². The molecule has 1 aliphatic heterocycles. The number of aromatic nitrogens is 3. The van der Waals surface area contributed by atoms with Gasteiger partial charge in [0.05, 0.1) is 42.5 Å². The van der Waals surface area contributed by atoms with Gasteiger partial charge < -0.3 is 14.5 Å². The molecule has 0 spiro atoms. The van der Waals surface area contributed by atoms with E-state index < -0.39 is 0 Å². The minimum Gasteiger partial charge on any atom is -0.378 e. The van der Waals surface area contributed by atoms with Crippen molar-refractivity contribution in [1.82, 2.24) is 15.0 Å². The van der Waals surface area contributed by atoms with Gasteiger partial charge in [-0.1, -0.05) is 26.2 Å². The Kier molecular flexibility index (Phi) is 7.64. The second-order valence-corrected chi connectivity index (χ2v) is 7.34. The molecule has 0 radical (unpaired) electrons. The Morgan fingerprint density at radius 2 is 1.88 bits per heavy atom. The first-order chi connectivity index (χ1) is 12.9. The topological polar surface area (TPSA) is 54.4 Å². The highest BCUT2D eigenvalue weighted by Gasteiger charge is 2.14. The lowest BCUT2D eigenvalue weighted by atomic mass is 10.2. The predicted octanol–water partition coefficient (Wildman–Crippen LogP) is 3.40. The van der Waals surface area contributed by atoms with Crippen molar-refractivity contribution in [3.05, 3.63) is 29.0 Å². The zero-order chi connectivity index (χ0) is 18.0. The molecule has 142 valence electrons. The number of anilines is 2. The molecule has 1 aliphatic rings. The fourth-order valence-corrected chi connectivity index (χ4v) is 3.71. The molecule has 6 nitrogen and oxygen atoms in total. The molecule has 0 unspecified atom stereocenters. The highest BCUT2D eigenvalue weighted by Crippen LogP contribution is 2.17. The van der Waals surface area contributed by atoms with Crippen LogP contribution in [0.25, 0.3) is 0 Å². The fourth-order valence-electron chi connectivity index (χ4n) is 3.11. The van der Waals surface area contributed by atoms with Gasteiger partial charge in [0.15, 0.2) is 0 Å². The second kappa shape index (κ2) is 10.4. The zero-order valence-corrected chi connectivity index (χ0v) is 16.5. The third-order valence-electron chi connectivity index (χ3n) is 4.69. The summed E-state index contributed by atoms with van der Waals surface area (Å²) in [6, 6.07) is 0. The van der Waals surface area contributed by atoms with Crippen molar-refractivity contribution in [3.63, 3.8) is 0 Å². The van der Waals surface area contributed by atoms with Gasteiger partial charge in [0.1, 0.15) is 0 Å². The summed E-state index contributed by atoms with van der Waals surface area (Å²) in [5.41, 5.74) is 4.13. The average Bonchev–Trinajstić information content (AvgIpc) is 3.22. The number of hydrogen-bond donors (Lipinski definition) is 0. The highest BCUT2D eigenvalue weighted by atomic mass is 32.1. The summed E-state index contributed by atoms with van der Waals surface area (Å²) >= 11 is 1.65. The van der Waals surface area contributed by atoms with E-state index in [2.05, 4.69) is 37.1 Å². The third-order valence-corrected chi connectivity index (χ3v) is 5.32. The SMILES string of the molecule is CCCCCCN(CCc1cscn1)c1ncc(N2CCOCC2)cn1. The van der Waals surface area contributed by atoms with Crippen molar-refractivity contribution in [2.24, 2.45) is 0 Å². The number of morpholine rings is 1. The van der Waals surface area contributed by atoms with Gasteiger partial charge in [-0.3, -0.25) is 0 Å². The third kappa shape index (κ3) is 5.64. The van der Waals surface area contributed by atoms with Gasteiger partial charge in [0.2, 0.25) is 5.95 Å². The number of hydrogen-bond acceptors (Lipinski definition) is 7. The summed E-state index contributed by atoms with van der Waals surface area (Å²) in [6.45, 7) is 7.53. The van der Waals surface area contributed by atoms with Gasteiger partial charge in [0, 0.05) is 38.0 Å². The maximum atomic E-state index is 5.42. The van der Waals surface area contributed by atoms with Gasteiger partial charge in [-0.2, -0.15) is 0 Å². The Bertz CT molecular complexity index is 613. The van der Waals surface area contributed by atoms with Crippen molar-refractivity contribution in [3.8, 4) is 0 Å². The van der Waals surface area contributed by atoms with Gasteiger partial charge in [-0.15, -0.1) is 11.3 Å². The number of thiazole rings is 1. The fraction of sp³-hybridized carbons (Fsp3) is 0.632. The molecule has 0 N–H and O–H groups in total. The molecule has 0 bridgehead atoms. The average molecular weight is 376 g/mol. The highest BCUT2D eigenvalue weighted by molar-refractivity contribution is 7.07. The van der Waals surface area contributed by atoms with E-state index >= 15 is 0 Å². The van der Waals surface area contributed by atoms with E-state index in [9.17, 15) is 0 Å². The van der Waals surface area contributed by atoms with E-state index in [4.69, 9.17) is 4.74 Å². The number of rotatable bonds is 10. The van der Waals surface area contributed by atoms with Gasteiger partial charge in [-0.25, -0.2) is 15.0 Å². The molecule has 3 rings (SSSR count). The summed E-state index contributed by atoms with van der Waals surface area (Å²) in [7, 11) is 0. The van der Waals surface area contributed by atoms with Crippen LogP contribution in [0.5, 0.6) is 0 Å². The molecule has 0 aromatic carbocycles. The number of nitrogens with zero attached hydrogens (tertiary/aromatic N) is 5. The summed E-state index contributed by atoms with van der Waals surface area (Å²) in [5, 5.41) is 2.12. The minimum absolute atomic E-state index is 0.777. The van der Waals surface area contributed by atoms with Gasteiger partial charge >= 0.3 is 0 Å². The Morgan fingerprint density at radius 1 is 1.08 bits per heavy atom. The summed E-state index contributed by atoms with van der Waals surface area (Å²) < 4.78 is 5.42. The molecule has 0 amide bonds. The normalized spacial score (nSPS) is 14.6. The van der Waals surface area contributed by atoms with Gasteiger partial charge in [-0.05, 0) is 6.42 Å². The van der Waals surface area contributed by atoms with Crippen LogP contribution in [0, 0.1) is 0 Å². The smallest absolute Gasteiger partial charge is 0.225 e. The lowest BCUT2D eigenvalue weighted by Crippen LogP contribution is -2.36. The van der Waals surface area contributed by atoms with Crippen molar-refractivity contribution in [2.45, 2.75) is 39.0 Å². The molecule has 26 heavy (non-hydrogen) atoms. The monoisotopic (exact) mass is 375 g/mol. The summed E-state index contributed by atoms with van der Waals surface area (Å²) in [4.78, 5) is 18.3. The first kappa shape index (κ1) is 19.0. The number of unbranched alkanes of at least 4 members (excludes halogenated alkanes) is 3. The van der Waals surface area contributed by atoms with Crippen LogP contribution in [0.15, 0.2) is 23.3 Å². The number of ether oxygens (including phenoxy) is 1. The van der Waals surface area contributed by atoms with Crippen LogP contribution in [-0.4, -0.2) is 54.3 Å². The molecule has 1 fully saturated rings. The van der Waals surface area contributed by atoms with E-state index in [1.165, 1.54) is 25.7 Å². The maximum Gasteiger partial charge on any atom is 0.225 e. The van der Waals surface area contributed by atoms with Crippen molar-refractivity contribution >= 4 is 23.0 Å². The predicted molar refractivity (Wildman–Crippen MR) is 107 cm³/mol. The molecule has 2 aromatic rings. The molecular weight excluding hydrogens is 346 g/mol. The van der Waals surface area contributed by atoms with Gasteiger partial charge in [0.25, 0.3) is 0 Å². The molecule has 3 heterocycles. The Morgan fingerprint density at radius 3 is 2.58 bits per heavy atom. The second-order valence-electron chi connectivity index (χ2n) is 6.62. The zero-order valence-electron chi connectivity index (χ0n) is 15.6. The lowest BCUT2D eigenvalue weighted by Gasteiger charge is -2.29. The largest absolute Gasteiger partial charge is 0.378 e. The van der Waals surface area contributed by atoms with Crippen LogP contribution < -0.4 is 9.80 Å². The van der Waals surface area contributed by atoms with Crippen LogP contribution in [0.3, 0.4) is 0 Å². The Labute approximate surface area is 160 Å². The summed E-state index contributed by atoms with van der Waals surface area (Å²) in [6.07, 6.45) is 9.83. The first-order valence-corrected chi connectivity index (χ1v) is 10.6. The first-order valence-electron chi connectivity index (χ1n) is 9.63. The van der Waals surface area contributed by atoms with Crippen LogP contribution in [-0.2, 0) is 11.2 Å². The van der Waals surface area contributed by atoms with E-state index in [0.717, 1.165) is 63.1 Å². The molecule has 2 aromatic heterocycles.